The summed E-state index contributed by atoms with van der Waals surface area (Å²) >= 11 is 0. The standard InChI is InChI=1S/C42H40N2O10/c1-24(45)50-23-41(3)31-20-33(53-38(48)27-14-12-25(21-43)13-15-27)42(4)36(40(31,2)17-16-32(41)52-37(47)26-9-6-5-7-10-26)35(46)34-30(54-42)19-29(51-39(34)49)28-11-8-18-44-22-28/h5-15,18-19,22,31-33,35-36,46H,16-17,20,23H2,1-4H3/t31?,32-,33-,35-,36?,40-,41?,42+/m0/s1. The summed E-state index contributed by atoms with van der Waals surface area (Å²) in [7, 11) is 0. The molecule has 1 N–H and O–H groups in total. The number of pyridine rings is 1. The van der Waals surface area contributed by atoms with Crippen LogP contribution in [0.25, 0.3) is 11.3 Å². The number of rotatable bonds is 7. The first-order valence-corrected chi connectivity index (χ1v) is 17.8. The van der Waals surface area contributed by atoms with Gasteiger partial charge in [0.15, 0.2) is 0 Å². The van der Waals surface area contributed by atoms with Crippen LogP contribution in [0.5, 0.6) is 5.75 Å². The van der Waals surface area contributed by atoms with Crippen molar-refractivity contribution in [1.29, 1.82) is 5.26 Å². The topological polar surface area (TPSA) is 175 Å². The molecule has 2 aromatic carbocycles. The molecule has 2 aromatic heterocycles. The van der Waals surface area contributed by atoms with E-state index in [9.17, 15) is 29.5 Å². The van der Waals surface area contributed by atoms with Gasteiger partial charge in [-0.1, -0.05) is 32.0 Å². The van der Waals surface area contributed by atoms with Crippen molar-refractivity contribution in [2.45, 2.75) is 70.9 Å². The third kappa shape index (κ3) is 6.22. The van der Waals surface area contributed by atoms with Crippen molar-refractivity contribution in [1.82, 2.24) is 4.98 Å². The van der Waals surface area contributed by atoms with Gasteiger partial charge in [0.05, 0.1) is 28.9 Å². The molecule has 0 bridgehead atoms. The Hall–Kier alpha value is -5.80. The molecule has 3 heterocycles. The smallest absolute Gasteiger partial charge is 0.345 e. The van der Waals surface area contributed by atoms with Crippen molar-refractivity contribution in [2.24, 2.45) is 22.7 Å². The molecule has 2 saturated carbocycles. The monoisotopic (exact) mass is 732 g/mol. The van der Waals surface area contributed by atoms with Gasteiger partial charge >= 0.3 is 23.5 Å². The van der Waals surface area contributed by atoms with Gasteiger partial charge in [-0.3, -0.25) is 9.78 Å². The number of hydrogen-bond donors (Lipinski definition) is 1. The highest BCUT2D eigenvalue weighted by Crippen LogP contribution is 2.67. The largest absolute Gasteiger partial charge is 0.482 e. The van der Waals surface area contributed by atoms with Crippen molar-refractivity contribution in [3.05, 3.63) is 118 Å². The summed E-state index contributed by atoms with van der Waals surface area (Å²) in [6, 6.07) is 21.6. The van der Waals surface area contributed by atoms with Crippen LogP contribution in [0.1, 0.15) is 84.9 Å². The Morgan fingerprint density at radius 3 is 2.30 bits per heavy atom. The zero-order chi connectivity index (χ0) is 38.4. The Kier molecular flexibility index (Phi) is 9.39. The van der Waals surface area contributed by atoms with Gasteiger partial charge in [0.25, 0.3) is 0 Å². The first kappa shape index (κ1) is 36.6. The number of benzene rings is 2. The number of aliphatic hydroxyl groups excluding tert-OH is 1. The Labute approximate surface area is 311 Å². The number of ether oxygens (including phenoxy) is 4. The Balaban J connectivity index is 1.35. The second-order valence-corrected chi connectivity index (χ2v) is 15.1. The molecule has 2 aliphatic carbocycles. The lowest BCUT2D eigenvalue weighted by molar-refractivity contribution is -0.264. The van der Waals surface area contributed by atoms with E-state index in [1.165, 1.54) is 43.5 Å². The minimum absolute atomic E-state index is 0.0662. The summed E-state index contributed by atoms with van der Waals surface area (Å²) in [5, 5.41) is 21.8. The van der Waals surface area contributed by atoms with Gasteiger partial charge in [-0.25, -0.2) is 14.4 Å². The lowest BCUT2D eigenvalue weighted by Gasteiger charge is -2.66. The molecule has 0 radical (unpaired) electrons. The maximum absolute atomic E-state index is 13.9. The molecule has 7 rings (SSSR count). The Morgan fingerprint density at radius 1 is 0.963 bits per heavy atom. The summed E-state index contributed by atoms with van der Waals surface area (Å²) in [6.07, 6.45) is 0.791. The third-order valence-corrected chi connectivity index (χ3v) is 11.9. The molecule has 54 heavy (non-hydrogen) atoms. The molecule has 1 aliphatic heterocycles. The van der Waals surface area contributed by atoms with E-state index in [1.54, 1.807) is 55.6 Å². The molecule has 0 saturated heterocycles. The van der Waals surface area contributed by atoms with Crippen LogP contribution in [-0.4, -0.2) is 52.4 Å². The fourth-order valence-corrected chi connectivity index (χ4v) is 9.29. The zero-order valence-electron chi connectivity index (χ0n) is 30.3. The molecule has 278 valence electrons. The second-order valence-electron chi connectivity index (χ2n) is 15.1. The molecule has 3 unspecified atom stereocenters. The number of aromatic nitrogens is 1. The SMILES string of the molecule is CC(=O)OCC1(C)C2C[C@H](OC(=O)c3ccc(C#N)cc3)[C@@]3(C)Oc4cc(-c5cccnc5)oc(=O)c4[C@H](O)C3[C@@]2(C)CC[C@@H]1OC(=O)c1ccccc1. The van der Waals surface area contributed by atoms with Crippen LogP contribution in [0.15, 0.2) is 94.4 Å². The maximum atomic E-state index is 13.9. The van der Waals surface area contributed by atoms with E-state index in [1.807, 2.05) is 19.9 Å². The fraction of sp³-hybridized carbons (Fsp3) is 0.381. The first-order chi connectivity index (χ1) is 25.8. The number of nitrogens with zero attached hydrogens (tertiary/aromatic N) is 2. The second kappa shape index (κ2) is 13.9. The summed E-state index contributed by atoms with van der Waals surface area (Å²) in [5.74, 6) is -2.88. The van der Waals surface area contributed by atoms with E-state index in [4.69, 9.17) is 23.4 Å². The summed E-state index contributed by atoms with van der Waals surface area (Å²) in [5.41, 5.74) is -2.74. The van der Waals surface area contributed by atoms with Gasteiger partial charge in [0.2, 0.25) is 0 Å². The van der Waals surface area contributed by atoms with Crippen LogP contribution >= 0.6 is 0 Å². The Morgan fingerprint density at radius 2 is 1.65 bits per heavy atom. The van der Waals surface area contributed by atoms with E-state index in [0.717, 1.165) is 0 Å². The molecule has 2 fully saturated rings. The van der Waals surface area contributed by atoms with Crippen molar-refractivity contribution in [3.63, 3.8) is 0 Å². The maximum Gasteiger partial charge on any atom is 0.345 e. The highest BCUT2D eigenvalue weighted by atomic mass is 16.6. The van der Waals surface area contributed by atoms with Crippen LogP contribution in [0, 0.1) is 34.0 Å². The van der Waals surface area contributed by atoms with E-state index < -0.39 is 70.1 Å². The molecule has 0 spiro atoms. The van der Waals surface area contributed by atoms with E-state index in [0.29, 0.717) is 29.5 Å². The number of carbonyl (C=O) groups is 3. The minimum Gasteiger partial charge on any atom is -0.482 e. The average Bonchev–Trinajstić information content (AvgIpc) is 3.16. The van der Waals surface area contributed by atoms with Crippen LogP contribution < -0.4 is 10.4 Å². The van der Waals surface area contributed by atoms with Crippen molar-refractivity contribution < 1.29 is 42.9 Å². The zero-order valence-corrected chi connectivity index (χ0v) is 30.3. The fourth-order valence-electron chi connectivity index (χ4n) is 9.29. The third-order valence-electron chi connectivity index (χ3n) is 11.9. The molecule has 3 aliphatic rings. The van der Waals surface area contributed by atoms with Crippen LogP contribution in [0.4, 0.5) is 0 Å². The van der Waals surface area contributed by atoms with Crippen LogP contribution in [0.2, 0.25) is 0 Å². The molecule has 12 nitrogen and oxygen atoms in total. The number of nitriles is 1. The molecular weight excluding hydrogens is 692 g/mol. The van der Waals surface area contributed by atoms with Gasteiger partial charge in [-0.05, 0) is 86.1 Å². The van der Waals surface area contributed by atoms with Crippen LogP contribution in [-0.2, 0) is 19.0 Å². The molecule has 12 heteroatoms. The quantitative estimate of drug-likeness (QED) is 0.168. The van der Waals surface area contributed by atoms with Crippen LogP contribution in [0.3, 0.4) is 0 Å². The number of aliphatic hydroxyl groups is 1. The molecular formula is C42H40N2O10. The number of hydrogen-bond acceptors (Lipinski definition) is 12. The molecule has 4 aromatic rings. The van der Waals surface area contributed by atoms with Crippen molar-refractivity contribution in [3.8, 4) is 23.1 Å². The molecule has 0 amide bonds. The highest BCUT2D eigenvalue weighted by molar-refractivity contribution is 5.90. The number of carbonyl (C=O) groups excluding carboxylic acids is 3. The Bertz CT molecular complexity index is 2180. The highest BCUT2D eigenvalue weighted by Gasteiger charge is 2.71. The van der Waals surface area contributed by atoms with Gasteiger partial charge < -0.3 is 28.5 Å². The van der Waals surface area contributed by atoms with E-state index in [2.05, 4.69) is 4.98 Å². The predicted octanol–water partition coefficient (Wildman–Crippen LogP) is 6.21. The lowest BCUT2D eigenvalue weighted by atomic mass is 9.42. The summed E-state index contributed by atoms with van der Waals surface area (Å²) < 4.78 is 30.8. The first-order valence-electron chi connectivity index (χ1n) is 17.8. The van der Waals surface area contributed by atoms with E-state index in [-0.39, 0.29) is 35.7 Å². The lowest BCUT2D eigenvalue weighted by Crippen LogP contribution is -2.71. The van der Waals surface area contributed by atoms with Gasteiger partial charge in [0.1, 0.15) is 41.5 Å². The number of esters is 3. The molecule has 8 atom stereocenters. The number of fused-ring (bicyclic) bond motifs is 4. The van der Waals surface area contributed by atoms with Crippen molar-refractivity contribution >= 4 is 17.9 Å². The van der Waals surface area contributed by atoms with Gasteiger partial charge in [-0.15, -0.1) is 0 Å². The summed E-state index contributed by atoms with van der Waals surface area (Å²) in [4.78, 5) is 57.6. The van der Waals surface area contributed by atoms with Gasteiger partial charge in [-0.2, -0.15) is 5.26 Å². The van der Waals surface area contributed by atoms with Gasteiger partial charge in [0, 0.05) is 42.3 Å². The normalized spacial score (nSPS) is 29.5. The van der Waals surface area contributed by atoms with E-state index >= 15 is 0 Å². The average molecular weight is 733 g/mol. The minimum atomic E-state index is -1.44. The van der Waals surface area contributed by atoms with Crippen molar-refractivity contribution in [2.75, 3.05) is 6.61 Å². The summed E-state index contributed by atoms with van der Waals surface area (Å²) in [6.45, 7) is 6.79. The predicted molar refractivity (Wildman–Crippen MR) is 192 cm³/mol.